The molecule has 0 bridgehead atoms. The van der Waals surface area contributed by atoms with Crippen LogP contribution < -0.4 is 0 Å². The molecule has 0 amide bonds. The number of carbonyl (C=O) groups excluding carboxylic acids is 2. The Hall–Kier alpha value is -1.41. The van der Waals surface area contributed by atoms with Crippen LogP contribution in [0.4, 0.5) is 4.79 Å². The highest BCUT2D eigenvalue weighted by molar-refractivity contribution is 7.33. The van der Waals surface area contributed by atoms with Crippen molar-refractivity contribution in [3.05, 3.63) is 11.6 Å². The third-order valence-corrected chi connectivity index (χ3v) is 16.9. The van der Waals surface area contributed by atoms with Crippen LogP contribution >= 0.6 is 8.25 Å². The van der Waals surface area contributed by atoms with Crippen molar-refractivity contribution in [2.24, 2.45) is 46.3 Å². The molecule has 4 aliphatic rings. The van der Waals surface area contributed by atoms with Gasteiger partial charge in [-0.25, -0.2) is 4.79 Å². The molecule has 0 aromatic heterocycles. The van der Waals surface area contributed by atoms with Crippen molar-refractivity contribution >= 4 is 20.4 Å². The summed E-state index contributed by atoms with van der Waals surface area (Å²) in [5.74, 6) is 4.35. The molecule has 0 heterocycles. The number of hydrogen-bond acceptors (Lipinski definition) is 8. The number of esters is 1. The molecule has 0 aromatic rings. The summed E-state index contributed by atoms with van der Waals surface area (Å²) in [6.07, 6.45) is 30.1. The molecule has 62 heavy (non-hydrogen) atoms. The van der Waals surface area contributed by atoms with Crippen LogP contribution in [0.3, 0.4) is 0 Å². The fraction of sp³-hybridized carbons (Fsp3) is 0.923. The van der Waals surface area contributed by atoms with Crippen LogP contribution in [0.15, 0.2) is 11.6 Å². The van der Waals surface area contributed by atoms with Crippen LogP contribution in [-0.2, 0) is 32.6 Å². The largest absolute Gasteiger partial charge is 0.509 e. The van der Waals surface area contributed by atoms with Gasteiger partial charge in [-0.15, -0.1) is 0 Å². The Morgan fingerprint density at radius 1 is 0.790 bits per heavy atom. The zero-order chi connectivity index (χ0) is 45.2. The van der Waals surface area contributed by atoms with Gasteiger partial charge in [0.1, 0.15) is 25.9 Å². The van der Waals surface area contributed by atoms with Gasteiger partial charge in [0.2, 0.25) is 0 Å². The second kappa shape index (κ2) is 26.7. The molecule has 0 saturated heterocycles. The van der Waals surface area contributed by atoms with Gasteiger partial charge in [0.05, 0.1) is 27.7 Å². The van der Waals surface area contributed by atoms with E-state index in [2.05, 4.69) is 47.6 Å². The summed E-state index contributed by atoms with van der Waals surface area (Å²) < 4.78 is 41.6. The van der Waals surface area contributed by atoms with Gasteiger partial charge in [0, 0.05) is 12.8 Å². The lowest BCUT2D eigenvalue weighted by Crippen LogP contribution is -2.51. The van der Waals surface area contributed by atoms with E-state index in [0.717, 1.165) is 74.5 Å². The van der Waals surface area contributed by atoms with Gasteiger partial charge in [-0.1, -0.05) is 150 Å². The molecule has 0 aliphatic heterocycles. The van der Waals surface area contributed by atoms with Crippen molar-refractivity contribution in [2.45, 2.75) is 214 Å². The Morgan fingerprint density at radius 2 is 1.45 bits per heavy atom. The van der Waals surface area contributed by atoms with E-state index in [1.165, 1.54) is 115 Å². The zero-order valence-electron chi connectivity index (χ0n) is 41.4. The minimum atomic E-state index is -2.83. The Balaban J connectivity index is 1.23. The smallest absolute Gasteiger partial charge is 0.462 e. The van der Waals surface area contributed by atoms with Crippen LogP contribution in [0.5, 0.6) is 0 Å². The van der Waals surface area contributed by atoms with E-state index in [-0.39, 0.29) is 37.3 Å². The molecule has 5 unspecified atom stereocenters. The standard InChI is InChI=1S/C52H95NO8P/c1-10-11-12-13-14-15-16-17-18-19-20-21-22-26-49(54)57-38-44(39-59-62(56)58-36-35-53(7,8)9)61-50(55)60-43-31-33-51(5)42(37-43)27-28-45-47-30-29-46(41(4)25-23-24-40(2)3)52(47,6)34-32-48(45)51/h27,40-41,43-48,62H,10-26,28-39H2,1-9H3/q+1/t41-,43?,44+,45?,46-,47?,48?,51+,52-/m0/s1. The van der Waals surface area contributed by atoms with E-state index in [0.29, 0.717) is 28.8 Å². The maximum atomic E-state index is 13.4. The SMILES string of the molecule is CCCCCCCCCCCCCCCC(=O)OC[C@H](CO[PH](=O)OCC[N+](C)(C)C)OC(=O)OC1CC[C@]2(C)C(=CCC3C2CC[C@]2(C)C3CC[C@H]2[C@@H](C)CCCC(C)C)C1. The summed E-state index contributed by atoms with van der Waals surface area (Å²) >= 11 is 0. The van der Waals surface area contributed by atoms with Gasteiger partial charge in [0.25, 0.3) is 0 Å². The van der Waals surface area contributed by atoms with Gasteiger partial charge in [0.15, 0.2) is 6.10 Å². The highest BCUT2D eigenvalue weighted by Crippen LogP contribution is 2.67. The summed E-state index contributed by atoms with van der Waals surface area (Å²) in [5, 5.41) is 0. The molecule has 10 heteroatoms. The lowest BCUT2D eigenvalue weighted by molar-refractivity contribution is -0.870. The van der Waals surface area contributed by atoms with Crippen molar-refractivity contribution in [3.63, 3.8) is 0 Å². The van der Waals surface area contributed by atoms with E-state index in [1.54, 1.807) is 0 Å². The third kappa shape index (κ3) is 17.1. The lowest BCUT2D eigenvalue weighted by Gasteiger charge is -2.58. The van der Waals surface area contributed by atoms with E-state index < -0.39 is 20.5 Å². The minimum absolute atomic E-state index is 0.144. The molecule has 9 nitrogen and oxygen atoms in total. The Kier molecular flexibility index (Phi) is 22.9. The first-order valence-corrected chi connectivity index (χ1v) is 27.1. The summed E-state index contributed by atoms with van der Waals surface area (Å²) in [4.78, 5) is 26.1. The molecule has 4 aliphatic carbocycles. The topological polar surface area (TPSA) is 97.4 Å². The molecule has 10 atom stereocenters. The average molecular weight is 893 g/mol. The molecule has 3 fully saturated rings. The highest BCUT2D eigenvalue weighted by atomic mass is 31.1. The number of ether oxygens (including phenoxy) is 3. The van der Waals surface area contributed by atoms with E-state index in [9.17, 15) is 14.2 Å². The Morgan fingerprint density at radius 3 is 2.10 bits per heavy atom. The van der Waals surface area contributed by atoms with Crippen LogP contribution in [-0.4, -0.2) is 76.3 Å². The molecular formula is C52H95NO8P+. The summed E-state index contributed by atoms with van der Waals surface area (Å²) in [7, 11) is 3.26. The fourth-order valence-electron chi connectivity index (χ4n) is 12.3. The first kappa shape index (κ1) is 53.2. The molecule has 360 valence electrons. The van der Waals surface area contributed by atoms with E-state index >= 15 is 0 Å². The summed E-state index contributed by atoms with van der Waals surface area (Å²) in [6, 6.07) is 0. The lowest BCUT2D eigenvalue weighted by atomic mass is 9.47. The number of carbonyl (C=O) groups is 2. The first-order chi connectivity index (χ1) is 29.6. The second-order valence-electron chi connectivity index (χ2n) is 22.4. The quantitative estimate of drug-likeness (QED) is 0.0231. The number of fused-ring (bicyclic) bond motifs is 5. The van der Waals surface area contributed by atoms with Crippen LogP contribution in [0.25, 0.3) is 0 Å². The van der Waals surface area contributed by atoms with Crippen LogP contribution in [0, 0.1) is 46.3 Å². The van der Waals surface area contributed by atoms with Crippen LogP contribution in [0.1, 0.15) is 202 Å². The third-order valence-electron chi connectivity index (χ3n) is 16.1. The molecular weight excluding hydrogens is 798 g/mol. The number of allylic oxidation sites excluding steroid dienone is 1. The summed E-state index contributed by atoms with van der Waals surface area (Å²) in [5.41, 5.74) is 2.05. The molecule has 0 aromatic carbocycles. The monoisotopic (exact) mass is 893 g/mol. The van der Waals surface area contributed by atoms with Gasteiger partial charge < -0.3 is 27.7 Å². The van der Waals surface area contributed by atoms with Crippen molar-refractivity contribution in [2.75, 3.05) is 47.5 Å². The average Bonchev–Trinajstić information content (AvgIpc) is 3.57. The maximum absolute atomic E-state index is 13.4. The molecule has 0 spiro atoms. The Labute approximate surface area is 380 Å². The number of unbranched alkanes of at least 4 members (excludes halogenated alkanes) is 12. The fourth-order valence-corrected chi connectivity index (χ4v) is 13.0. The highest BCUT2D eigenvalue weighted by Gasteiger charge is 2.59. The maximum Gasteiger partial charge on any atom is 0.509 e. The number of nitrogens with zero attached hydrogens (tertiary/aromatic N) is 1. The molecule has 3 saturated carbocycles. The predicted octanol–water partition coefficient (Wildman–Crippen LogP) is 14.1. The van der Waals surface area contributed by atoms with Crippen molar-refractivity contribution in [1.82, 2.24) is 0 Å². The minimum Gasteiger partial charge on any atom is -0.462 e. The van der Waals surface area contributed by atoms with Crippen molar-refractivity contribution < 1.29 is 41.9 Å². The number of likely N-dealkylation sites (N-methyl/N-ethyl adjacent to an activating group) is 1. The normalized spacial score (nSPS) is 28.6. The van der Waals surface area contributed by atoms with E-state index in [4.69, 9.17) is 23.3 Å². The van der Waals surface area contributed by atoms with Gasteiger partial charge >= 0.3 is 20.4 Å². The number of rotatable bonds is 30. The van der Waals surface area contributed by atoms with Gasteiger partial charge in [-0.2, -0.15) is 0 Å². The second-order valence-corrected chi connectivity index (χ2v) is 23.4. The zero-order valence-corrected chi connectivity index (χ0v) is 42.4. The van der Waals surface area contributed by atoms with Crippen molar-refractivity contribution in [3.8, 4) is 0 Å². The summed E-state index contributed by atoms with van der Waals surface area (Å²) in [6.45, 7) is 15.2. The van der Waals surface area contributed by atoms with E-state index in [1.807, 2.05) is 21.1 Å². The molecule has 4 rings (SSSR count). The van der Waals surface area contributed by atoms with Crippen molar-refractivity contribution in [1.29, 1.82) is 0 Å². The predicted molar refractivity (Wildman–Crippen MR) is 253 cm³/mol. The van der Waals surface area contributed by atoms with Gasteiger partial charge in [-0.05, 0) is 97.7 Å². The molecule has 0 N–H and O–H groups in total. The number of hydrogen-bond donors (Lipinski definition) is 0. The van der Waals surface area contributed by atoms with Gasteiger partial charge in [-0.3, -0.25) is 9.36 Å². The Bertz CT molecular complexity index is 1380. The van der Waals surface area contributed by atoms with Crippen LogP contribution in [0.2, 0.25) is 0 Å². The number of quaternary nitrogens is 1. The first-order valence-electron chi connectivity index (χ1n) is 25.9. The molecule has 0 radical (unpaired) electrons.